The number of methoxy groups -OCH3 is 1. The third kappa shape index (κ3) is 4.64. The van der Waals surface area contributed by atoms with E-state index in [9.17, 15) is 4.79 Å². The number of Topliss-reactive ketones (excluding diaryl/α,β-unsaturated/α-hetero) is 1. The Kier molecular flexibility index (Phi) is 5.43. The second-order valence-corrected chi connectivity index (χ2v) is 4.38. The first-order valence-corrected chi connectivity index (χ1v) is 5.58. The highest BCUT2D eigenvalue weighted by atomic mass is 32.2. The lowest BCUT2D eigenvalue weighted by atomic mass is 10.2. The van der Waals surface area contributed by atoms with Crippen LogP contribution >= 0.6 is 11.8 Å². The number of ether oxygens (including phenoxy) is 2. The van der Waals surface area contributed by atoms with Crippen molar-refractivity contribution in [2.24, 2.45) is 0 Å². The highest BCUT2D eigenvalue weighted by Crippen LogP contribution is 2.21. The molecule has 76 valence electrons. The molecule has 0 radical (unpaired) electrons. The summed E-state index contributed by atoms with van der Waals surface area (Å²) in [5.74, 6) is 0.761. The summed E-state index contributed by atoms with van der Waals surface area (Å²) in [6, 6.07) is 0. The summed E-state index contributed by atoms with van der Waals surface area (Å²) in [6.07, 6.45) is 2.15. The molecular formula is C9H16O3S. The van der Waals surface area contributed by atoms with Gasteiger partial charge < -0.3 is 9.47 Å². The minimum Gasteiger partial charge on any atom is -0.381 e. The first-order chi connectivity index (χ1) is 6.33. The molecule has 0 aromatic heterocycles. The Morgan fingerprint density at radius 2 is 2.23 bits per heavy atom. The molecule has 0 spiro atoms. The SMILES string of the molecule is COCC(=O)CSC1CCOCC1. The van der Waals surface area contributed by atoms with E-state index >= 15 is 0 Å². The molecule has 1 heterocycles. The molecule has 0 aromatic carbocycles. The minimum atomic E-state index is 0.180. The third-order valence-electron chi connectivity index (χ3n) is 1.95. The van der Waals surface area contributed by atoms with Crippen LogP contribution in [0.5, 0.6) is 0 Å². The minimum absolute atomic E-state index is 0.180. The van der Waals surface area contributed by atoms with Gasteiger partial charge in [-0.25, -0.2) is 0 Å². The molecule has 1 saturated heterocycles. The van der Waals surface area contributed by atoms with Crippen molar-refractivity contribution in [3.8, 4) is 0 Å². The molecule has 0 atom stereocenters. The Hall–Kier alpha value is -0.0600. The van der Waals surface area contributed by atoms with Crippen molar-refractivity contribution in [1.82, 2.24) is 0 Å². The number of hydrogen-bond donors (Lipinski definition) is 0. The molecule has 3 nitrogen and oxygen atoms in total. The number of thioether (sulfide) groups is 1. The van der Waals surface area contributed by atoms with Crippen LogP contribution in [0.4, 0.5) is 0 Å². The molecule has 13 heavy (non-hydrogen) atoms. The molecule has 1 aliphatic rings. The van der Waals surface area contributed by atoms with Crippen LogP contribution in [0.3, 0.4) is 0 Å². The van der Waals surface area contributed by atoms with Gasteiger partial charge in [0.25, 0.3) is 0 Å². The van der Waals surface area contributed by atoms with Crippen molar-refractivity contribution in [3.05, 3.63) is 0 Å². The number of carbonyl (C=O) groups excluding carboxylic acids is 1. The Labute approximate surface area is 83.2 Å². The van der Waals surface area contributed by atoms with Crippen LogP contribution in [-0.2, 0) is 14.3 Å². The fourth-order valence-electron chi connectivity index (χ4n) is 1.26. The topological polar surface area (TPSA) is 35.5 Å². The van der Waals surface area contributed by atoms with E-state index in [2.05, 4.69) is 0 Å². The van der Waals surface area contributed by atoms with Crippen molar-refractivity contribution >= 4 is 17.5 Å². The second-order valence-electron chi connectivity index (χ2n) is 3.09. The van der Waals surface area contributed by atoms with Crippen LogP contribution in [0, 0.1) is 0 Å². The van der Waals surface area contributed by atoms with Gasteiger partial charge >= 0.3 is 0 Å². The molecular weight excluding hydrogens is 188 g/mol. The molecule has 0 N–H and O–H groups in total. The molecule has 0 unspecified atom stereocenters. The first-order valence-electron chi connectivity index (χ1n) is 4.53. The molecule has 0 aromatic rings. The summed E-state index contributed by atoms with van der Waals surface area (Å²) in [7, 11) is 1.55. The van der Waals surface area contributed by atoms with Gasteiger partial charge in [-0.05, 0) is 12.8 Å². The standard InChI is InChI=1S/C9H16O3S/c1-11-6-8(10)7-13-9-2-4-12-5-3-9/h9H,2-7H2,1H3. The zero-order valence-corrected chi connectivity index (χ0v) is 8.77. The van der Waals surface area contributed by atoms with E-state index < -0.39 is 0 Å². The summed E-state index contributed by atoms with van der Waals surface area (Å²) in [6.45, 7) is 1.93. The molecule has 1 fully saturated rings. The largest absolute Gasteiger partial charge is 0.381 e. The predicted molar refractivity (Wildman–Crippen MR) is 53.2 cm³/mol. The second kappa shape index (κ2) is 6.40. The molecule has 4 heteroatoms. The van der Waals surface area contributed by atoms with Gasteiger partial charge in [0.1, 0.15) is 6.61 Å². The maximum absolute atomic E-state index is 11.1. The van der Waals surface area contributed by atoms with E-state index in [1.165, 1.54) is 0 Å². The van der Waals surface area contributed by atoms with E-state index in [1.54, 1.807) is 18.9 Å². The Morgan fingerprint density at radius 3 is 2.85 bits per heavy atom. The van der Waals surface area contributed by atoms with E-state index in [0.717, 1.165) is 26.1 Å². The highest BCUT2D eigenvalue weighted by Gasteiger charge is 2.15. The fraction of sp³-hybridized carbons (Fsp3) is 0.889. The van der Waals surface area contributed by atoms with E-state index in [-0.39, 0.29) is 12.4 Å². The quantitative estimate of drug-likeness (QED) is 0.672. The summed E-state index contributed by atoms with van der Waals surface area (Å²) in [4.78, 5) is 11.1. The Balaban J connectivity index is 2.06. The van der Waals surface area contributed by atoms with Crippen LogP contribution in [0.15, 0.2) is 0 Å². The average molecular weight is 204 g/mol. The van der Waals surface area contributed by atoms with Crippen LogP contribution in [-0.4, -0.2) is 43.7 Å². The van der Waals surface area contributed by atoms with Gasteiger partial charge in [-0.3, -0.25) is 4.79 Å². The molecule has 0 amide bonds. The zero-order chi connectivity index (χ0) is 9.52. The normalized spacial score (nSPS) is 18.8. The Morgan fingerprint density at radius 1 is 1.54 bits per heavy atom. The van der Waals surface area contributed by atoms with Crippen LogP contribution < -0.4 is 0 Å². The van der Waals surface area contributed by atoms with Gasteiger partial charge in [-0.15, -0.1) is 0 Å². The smallest absolute Gasteiger partial charge is 0.168 e. The summed E-state index contributed by atoms with van der Waals surface area (Å²) in [5.41, 5.74) is 0. The number of ketones is 1. The summed E-state index contributed by atoms with van der Waals surface area (Å²) < 4.78 is 9.99. The average Bonchev–Trinajstić information content (AvgIpc) is 2.17. The molecule has 1 rings (SSSR count). The van der Waals surface area contributed by atoms with Gasteiger partial charge in [-0.2, -0.15) is 11.8 Å². The zero-order valence-electron chi connectivity index (χ0n) is 7.95. The lowest BCUT2D eigenvalue weighted by Gasteiger charge is -2.20. The number of hydrogen-bond acceptors (Lipinski definition) is 4. The van der Waals surface area contributed by atoms with Gasteiger partial charge in [0.15, 0.2) is 5.78 Å². The van der Waals surface area contributed by atoms with E-state index in [1.807, 2.05) is 0 Å². The monoisotopic (exact) mass is 204 g/mol. The van der Waals surface area contributed by atoms with Crippen molar-refractivity contribution in [1.29, 1.82) is 0 Å². The maximum Gasteiger partial charge on any atom is 0.168 e. The van der Waals surface area contributed by atoms with Gasteiger partial charge in [0, 0.05) is 25.6 Å². The number of carbonyl (C=O) groups is 1. The van der Waals surface area contributed by atoms with E-state index in [0.29, 0.717) is 11.0 Å². The fourth-order valence-corrected chi connectivity index (χ4v) is 2.29. The van der Waals surface area contributed by atoms with Gasteiger partial charge in [0.2, 0.25) is 0 Å². The third-order valence-corrected chi connectivity index (χ3v) is 3.39. The Bertz CT molecular complexity index is 155. The lowest BCUT2D eigenvalue weighted by Crippen LogP contribution is -2.20. The predicted octanol–water partition coefficient (Wildman–Crippen LogP) is 1.11. The molecule has 0 saturated carbocycles. The van der Waals surface area contributed by atoms with Gasteiger partial charge in [0.05, 0.1) is 5.75 Å². The van der Waals surface area contributed by atoms with Crippen molar-refractivity contribution in [2.75, 3.05) is 32.7 Å². The molecule has 1 aliphatic heterocycles. The first kappa shape index (κ1) is 11.0. The van der Waals surface area contributed by atoms with Crippen LogP contribution in [0.1, 0.15) is 12.8 Å². The van der Waals surface area contributed by atoms with Crippen LogP contribution in [0.25, 0.3) is 0 Å². The van der Waals surface area contributed by atoms with Crippen LogP contribution in [0.2, 0.25) is 0 Å². The van der Waals surface area contributed by atoms with Gasteiger partial charge in [-0.1, -0.05) is 0 Å². The molecule has 0 bridgehead atoms. The van der Waals surface area contributed by atoms with Crippen molar-refractivity contribution < 1.29 is 14.3 Å². The van der Waals surface area contributed by atoms with Crippen molar-refractivity contribution in [2.45, 2.75) is 18.1 Å². The van der Waals surface area contributed by atoms with E-state index in [4.69, 9.17) is 9.47 Å². The maximum atomic E-state index is 11.1. The lowest BCUT2D eigenvalue weighted by molar-refractivity contribution is -0.120. The number of rotatable bonds is 5. The summed E-state index contributed by atoms with van der Waals surface area (Å²) in [5, 5.41) is 0.606. The molecule has 0 aliphatic carbocycles. The van der Waals surface area contributed by atoms with Crippen molar-refractivity contribution in [3.63, 3.8) is 0 Å². The highest BCUT2D eigenvalue weighted by molar-refractivity contribution is 8.00. The summed E-state index contributed by atoms with van der Waals surface area (Å²) >= 11 is 1.74.